The summed E-state index contributed by atoms with van der Waals surface area (Å²) in [7, 11) is 0. The first-order chi connectivity index (χ1) is 16.8. The highest BCUT2D eigenvalue weighted by Gasteiger charge is 2.29. The summed E-state index contributed by atoms with van der Waals surface area (Å²) >= 11 is 12.2. The van der Waals surface area contributed by atoms with Gasteiger partial charge in [0.1, 0.15) is 5.75 Å². The quantitative estimate of drug-likeness (QED) is 0.406. The van der Waals surface area contributed by atoms with Crippen LogP contribution in [0.3, 0.4) is 0 Å². The number of benzene rings is 2. The van der Waals surface area contributed by atoms with Crippen molar-refractivity contribution in [3.8, 4) is 5.75 Å². The van der Waals surface area contributed by atoms with Gasteiger partial charge in [0.25, 0.3) is 11.6 Å². The molecule has 0 unspecified atom stereocenters. The van der Waals surface area contributed by atoms with Crippen LogP contribution in [0.25, 0.3) is 0 Å². The van der Waals surface area contributed by atoms with Gasteiger partial charge >= 0.3 is 6.09 Å². The van der Waals surface area contributed by atoms with Crippen LogP contribution in [0.1, 0.15) is 42.5 Å². The standard InChI is InChI=1S/C24H26Cl2N4O5/c25-16-4-7-22(19(14-16)23(31)27-21-6-5-18(30(33)34)15-20(21)26)35-24(32)29-12-8-17(9-13-29)28-10-2-1-3-11-28/h4-7,14-15,17H,1-3,8-13H2,(H,27,31). The lowest BCUT2D eigenvalue weighted by molar-refractivity contribution is -0.384. The molecule has 0 spiro atoms. The molecule has 4 rings (SSSR count). The predicted molar refractivity (Wildman–Crippen MR) is 134 cm³/mol. The van der Waals surface area contributed by atoms with E-state index in [-0.39, 0.29) is 32.7 Å². The van der Waals surface area contributed by atoms with E-state index >= 15 is 0 Å². The zero-order valence-electron chi connectivity index (χ0n) is 19.0. The smallest absolute Gasteiger partial charge is 0.409 e. The number of hydrogen-bond donors (Lipinski definition) is 1. The molecule has 0 aromatic heterocycles. The van der Waals surface area contributed by atoms with Gasteiger partial charge in [-0.3, -0.25) is 14.9 Å². The fourth-order valence-corrected chi connectivity index (χ4v) is 4.93. The number of carbonyl (C=O) groups excluding carboxylic acids is 2. The molecule has 1 N–H and O–H groups in total. The van der Waals surface area contributed by atoms with Crippen molar-refractivity contribution in [2.75, 3.05) is 31.5 Å². The Balaban J connectivity index is 1.41. The molecule has 2 amide bonds. The molecule has 2 aromatic carbocycles. The fraction of sp³-hybridized carbons (Fsp3) is 0.417. The highest BCUT2D eigenvalue weighted by molar-refractivity contribution is 6.34. The molecule has 0 saturated carbocycles. The fourth-order valence-electron chi connectivity index (χ4n) is 4.53. The number of nitro benzene ring substituents is 1. The van der Waals surface area contributed by atoms with E-state index in [9.17, 15) is 19.7 Å². The van der Waals surface area contributed by atoms with Crippen molar-refractivity contribution in [3.05, 3.63) is 62.1 Å². The van der Waals surface area contributed by atoms with Gasteiger partial charge < -0.3 is 19.9 Å². The van der Waals surface area contributed by atoms with E-state index in [1.807, 2.05) is 0 Å². The average molecular weight is 521 g/mol. The topological polar surface area (TPSA) is 105 Å². The molecule has 2 aromatic rings. The summed E-state index contributed by atoms with van der Waals surface area (Å²) in [5, 5.41) is 13.8. The Bertz CT molecular complexity index is 1120. The number of carbonyl (C=O) groups is 2. The molecule has 2 saturated heterocycles. The van der Waals surface area contributed by atoms with E-state index in [0.29, 0.717) is 19.1 Å². The van der Waals surface area contributed by atoms with Gasteiger partial charge in [0.15, 0.2) is 0 Å². The van der Waals surface area contributed by atoms with Crippen LogP contribution < -0.4 is 10.1 Å². The molecule has 2 heterocycles. The molecule has 0 aliphatic carbocycles. The van der Waals surface area contributed by atoms with Crippen molar-refractivity contribution in [2.45, 2.75) is 38.1 Å². The lowest BCUT2D eigenvalue weighted by Crippen LogP contribution is -2.48. The van der Waals surface area contributed by atoms with E-state index in [1.54, 1.807) is 4.90 Å². The van der Waals surface area contributed by atoms with Crippen molar-refractivity contribution in [3.63, 3.8) is 0 Å². The van der Waals surface area contributed by atoms with Crippen molar-refractivity contribution in [1.29, 1.82) is 0 Å². The van der Waals surface area contributed by atoms with Crippen molar-refractivity contribution in [2.24, 2.45) is 0 Å². The second-order valence-corrected chi connectivity index (χ2v) is 9.54. The van der Waals surface area contributed by atoms with E-state index in [2.05, 4.69) is 10.2 Å². The SMILES string of the molecule is O=C(Nc1ccc([N+](=O)[O-])cc1Cl)c1cc(Cl)ccc1OC(=O)N1CCC(N2CCCCC2)CC1. The second-order valence-electron chi connectivity index (χ2n) is 8.70. The Kier molecular flexibility index (Phi) is 8.10. The van der Waals surface area contributed by atoms with Crippen LogP contribution in [-0.2, 0) is 0 Å². The van der Waals surface area contributed by atoms with Crippen molar-refractivity contribution >= 4 is 46.6 Å². The summed E-state index contributed by atoms with van der Waals surface area (Å²) in [4.78, 5) is 40.3. The molecular formula is C24H26Cl2N4O5. The lowest BCUT2D eigenvalue weighted by Gasteiger charge is -2.39. The van der Waals surface area contributed by atoms with Gasteiger partial charge in [0.2, 0.25) is 0 Å². The van der Waals surface area contributed by atoms with E-state index in [1.165, 1.54) is 49.6 Å². The first kappa shape index (κ1) is 25.2. The Hall–Kier alpha value is -2.88. The van der Waals surface area contributed by atoms with Gasteiger partial charge in [-0.1, -0.05) is 29.6 Å². The highest BCUT2D eigenvalue weighted by Crippen LogP contribution is 2.30. The minimum Gasteiger partial charge on any atom is -0.409 e. The van der Waals surface area contributed by atoms with Crippen LogP contribution in [0.5, 0.6) is 5.75 Å². The third-order valence-corrected chi connectivity index (χ3v) is 6.97. The molecule has 9 nitrogen and oxygen atoms in total. The number of hydrogen-bond acceptors (Lipinski definition) is 6. The number of non-ortho nitro benzene ring substituents is 1. The molecule has 2 aliphatic rings. The summed E-state index contributed by atoms with van der Waals surface area (Å²) in [5.74, 6) is -0.553. The van der Waals surface area contributed by atoms with Crippen molar-refractivity contribution < 1.29 is 19.2 Å². The summed E-state index contributed by atoms with van der Waals surface area (Å²) in [6.07, 6.45) is 5.01. The zero-order valence-corrected chi connectivity index (χ0v) is 20.6. The number of halogens is 2. The van der Waals surface area contributed by atoms with Crippen LogP contribution in [0.15, 0.2) is 36.4 Å². The second kappa shape index (κ2) is 11.2. The van der Waals surface area contributed by atoms with Gasteiger partial charge in [-0.05, 0) is 63.0 Å². The monoisotopic (exact) mass is 520 g/mol. The molecular weight excluding hydrogens is 495 g/mol. The Morgan fingerprint density at radius 2 is 1.71 bits per heavy atom. The zero-order chi connectivity index (χ0) is 24.9. The number of amides is 2. The van der Waals surface area contributed by atoms with Crippen LogP contribution in [0, 0.1) is 10.1 Å². The predicted octanol–water partition coefficient (Wildman–Crippen LogP) is 5.60. The largest absolute Gasteiger partial charge is 0.415 e. The molecule has 0 bridgehead atoms. The lowest BCUT2D eigenvalue weighted by atomic mass is 10.0. The van der Waals surface area contributed by atoms with Crippen LogP contribution in [-0.4, -0.2) is 58.9 Å². The Morgan fingerprint density at radius 3 is 2.37 bits per heavy atom. The third-order valence-electron chi connectivity index (χ3n) is 6.42. The van der Waals surface area contributed by atoms with Gasteiger partial charge in [-0.25, -0.2) is 4.79 Å². The molecule has 2 aliphatic heterocycles. The number of likely N-dealkylation sites (tertiary alicyclic amines) is 2. The number of nitrogens with zero attached hydrogens (tertiary/aromatic N) is 3. The summed E-state index contributed by atoms with van der Waals surface area (Å²) in [6, 6.07) is 8.58. The van der Waals surface area contributed by atoms with Gasteiger partial charge in [-0.2, -0.15) is 0 Å². The number of nitro groups is 1. The van der Waals surface area contributed by atoms with Gasteiger partial charge in [0, 0.05) is 36.3 Å². The minimum absolute atomic E-state index is 0.00435. The number of rotatable bonds is 5. The molecule has 0 atom stereocenters. The maximum absolute atomic E-state index is 13.0. The van der Waals surface area contributed by atoms with Gasteiger partial charge in [-0.15, -0.1) is 0 Å². The molecule has 2 fully saturated rings. The Labute approximate surface area is 213 Å². The molecule has 0 radical (unpaired) electrons. The summed E-state index contributed by atoms with van der Waals surface area (Å²) in [6.45, 7) is 3.43. The first-order valence-electron chi connectivity index (χ1n) is 11.6. The maximum Gasteiger partial charge on any atom is 0.415 e. The van der Waals surface area contributed by atoms with E-state index in [0.717, 1.165) is 32.0 Å². The van der Waals surface area contributed by atoms with Crippen molar-refractivity contribution in [1.82, 2.24) is 9.80 Å². The van der Waals surface area contributed by atoms with Gasteiger partial charge in [0.05, 0.1) is 21.2 Å². The third kappa shape index (κ3) is 6.22. The maximum atomic E-state index is 13.0. The van der Waals surface area contributed by atoms with E-state index in [4.69, 9.17) is 27.9 Å². The average Bonchev–Trinajstić information content (AvgIpc) is 2.86. The van der Waals surface area contributed by atoms with E-state index < -0.39 is 16.9 Å². The van der Waals surface area contributed by atoms with Crippen LogP contribution in [0.2, 0.25) is 10.0 Å². The number of piperidine rings is 2. The highest BCUT2D eigenvalue weighted by atomic mass is 35.5. The van der Waals surface area contributed by atoms with Crippen LogP contribution in [0.4, 0.5) is 16.2 Å². The number of ether oxygens (including phenoxy) is 1. The number of anilines is 1. The minimum atomic E-state index is -0.616. The summed E-state index contributed by atoms with van der Waals surface area (Å²) in [5.41, 5.74) is 0.0252. The molecule has 35 heavy (non-hydrogen) atoms. The van der Waals surface area contributed by atoms with Crippen LogP contribution >= 0.6 is 23.2 Å². The summed E-state index contributed by atoms with van der Waals surface area (Å²) < 4.78 is 5.59. The Morgan fingerprint density at radius 1 is 1.00 bits per heavy atom. The molecule has 186 valence electrons. The first-order valence-corrected chi connectivity index (χ1v) is 12.3. The number of nitrogens with one attached hydrogen (secondary N) is 1. The molecule has 11 heteroatoms. The normalized spacial score (nSPS) is 17.1.